The van der Waals surface area contributed by atoms with Crippen molar-refractivity contribution < 1.29 is 4.79 Å². The highest BCUT2D eigenvalue weighted by Gasteiger charge is 2.13. The molecule has 0 aliphatic carbocycles. The topological polar surface area (TPSA) is 35.6 Å². The van der Waals surface area contributed by atoms with Crippen molar-refractivity contribution in [2.45, 2.75) is 6.42 Å². The molecule has 1 rings (SSSR count). The number of rotatable bonds is 3. The second-order valence-electron chi connectivity index (χ2n) is 3.41. The SMILES string of the molecule is CN1CCN(CCC(=O)NI)CC1. The lowest BCUT2D eigenvalue weighted by molar-refractivity contribution is -0.119. The summed E-state index contributed by atoms with van der Waals surface area (Å²) in [4.78, 5) is 15.6. The molecule has 0 aromatic carbocycles. The maximum Gasteiger partial charge on any atom is 0.229 e. The predicted molar refractivity (Wildman–Crippen MR) is 60.7 cm³/mol. The molecule has 0 aromatic heterocycles. The van der Waals surface area contributed by atoms with Crippen LogP contribution >= 0.6 is 22.9 Å². The van der Waals surface area contributed by atoms with Crippen LogP contribution in [-0.2, 0) is 4.79 Å². The normalized spacial score (nSPS) is 20.2. The van der Waals surface area contributed by atoms with Crippen molar-refractivity contribution in [2.75, 3.05) is 39.8 Å². The number of nitrogens with one attached hydrogen (secondary N) is 1. The molecule has 1 N–H and O–H groups in total. The number of carbonyl (C=O) groups is 1. The summed E-state index contributed by atoms with van der Waals surface area (Å²) in [5.74, 6) is 0.125. The van der Waals surface area contributed by atoms with Crippen LogP contribution in [0.25, 0.3) is 0 Å². The average Bonchev–Trinajstić information content (AvgIpc) is 2.16. The molecule has 0 bridgehead atoms. The monoisotopic (exact) mass is 297 g/mol. The maximum absolute atomic E-state index is 11.0. The Morgan fingerprint density at radius 3 is 2.54 bits per heavy atom. The number of likely N-dealkylation sites (N-methyl/N-ethyl adjacent to an activating group) is 1. The van der Waals surface area contributed by atoms with Gasteiger partial charge in [0.15, 0.2) is 0 Å². The van der Waals surface area contributed by atoms with Crippen LogP contribution in [0.3, 0.4) is 0 Å². The summed E-state index contributed by atoms with van der Waals surface area (Å²) < 4.78 is 2.61. The summed E-state index contributed by atoms with van der Waals surface area (Å²) >= 11 is 1.88. The second-order valence-corrected chi connectivity index (χ2v) is 3.95. The smallest absolute Gasteiger partial charge is 0.229 e. The molecule has 1 amide bonds. The van der Waals surface area contributed by atoms with E-state index < -0.39 is 0 Å². The van der Waals surface area contributed by atoms with Crippen molar-refractivity contribution >= 4 is 28.8 Å². The zero-order chi connectivity index (χ0) is 9.68. The summed E-state index contributed by atoms with van der Waals surface area (Å²) in [6.45, 7) is 5.30. The van der Waals surface area contributed by atoms with E-state index in [-0.39, 0.29) is 5.91 Å². The van der Waals surface area contributed by atoms with E-state index in [9.17, 15) is 4.79 Å². The molecular formula is C8H16IN3O. The van der Waals surface area contributed by atoms with Gasteiger partial charge in [-0.3, -0.25) is 8.32 Å². The molecule has 0 radical (unpaired) electrons. The standard InChI is InChI=1S/C8H16IN3O/c1-11-4-6-12(7-5-11)3-2-8(13)10-9/h2-7H2,1H3,(H,10,13). The van der Waals surface area contributed by atoms with Crippen molar-refractivity contribution in [3.05, 3.63) is 0 Å². The number of halogens is 1. The Hall–Kier alpha value is 0.120. The summed E-state index contributed by atoms with van der Waals surface area (Å²) in [5.41, 5.74) is 0. The molecule has 76 valence electrons. The first kappa shape index (κ1) is 11.2. The number of amides is 1. The van der Waals surface area contributed by atoms with Crippen LogP contribution in [0.4, 0.5) is 0 Å². The lowest BCUT2D eigenvalue weighted by atomic mass is 10.3. The zero-order valence-corrected chi connectivity index (χ0v) is 10.1. The van der Waals surface area contributed by atoms with Crippen molar-refractivity contribution in [2.24, 2.45) is 0 Å². The van der Waals surface area contributed by atoms with E-state index in [2.05, 4.69) is 20.4 Å². The summed E-state index contributed by atoms with van der Waals surface area (Å²) in [6, 6.07) is 0. The Bertz CT molecular complexity index is 169. The average molecular weight is 297 g/mol. The molecule has 0 aromatic rings. The molecule has 1 fully saturated rings. The van der Waals surface area contributed by atoms with Crippen molar-refractivity contribution in [1.82, 2.24) is 13.3 Å². The highest BCUT2D eigenvalue weighted by molar-refractivity contribution is 14.1. The highest BCUT2D eigenvalue weighted by Crippen LogP contribution is 1.99. The number of hydrogen-bond acceptors (Lipinski definition) is 3. The third kappa shape index (κ3) is 4.24. The molecule has 5 heteroatoms. The fourth-order valence-electron chi connectivity index (χ4n) is 1.38. The van der Waals surface area contributed by atoms with E-state index in [1.807, 2.05) is 22.9 Å². The molecule has 4 nitrogen and oxygen atoms in total. The van der Waals surface area contributed by atoms with Crippen LogP contribution in [0, 0.1) is 0 Å². The first-order chi connectivity index (χ1) is 6.22. The van der Waals surface area contributed by atoms with Crippen LogP contribution in [0.2, 0.25) is 0 Å². The van der Waals surface area contributed by atoms with Crippen molar-refractivity contribution in [3.63, 3.8) is 0 Å². The number of piperazine rings is 1. The van der Waals surface area contributed by atoms with Crippen LogP contribution < -0.4 is 3.53 Å². The van der Waals surface area contributed by atoms with Gasteiger partial charge in [0.2, 0.25) is 5.91 Å². The minimum atomic E-state index is 0.125. The van der Waals surface area contributed by atoms with Gasteiger partial charge in [0, 0.05) is 39.1 Å². The number of hydrogen-bond donors (Lipinski definition) is 1. The molecular weight excluding hydrogens is 281 g/mol. The largest absolute Gasteiger partial charge is 0.304 e. The van der Waals surface area contributed by atoms with E-state index in [4.69, 9.17) is 0 Å². The van der Waals surface area contributed by atoms with Gasteiger partial charge in [-0.2, -0.15) is 0 Å². The third-order valence-corrected chi connectivity index (χ3v) is 2.96. The summed E-state index contributed by atoms with van der Waals surface area (Å²) in [6.07, 6.45) is 0.618. The molecule has 1 aliphatic heterocycles. The highest BCUT2D eigenvalue weighted by atomic mass is 127. The molecule has 0 unspecified atom stereocenters. The van der Waals surface area contributed by atoms with Gasteiger partial charge in [-0.25, -0.2) is 0 Å². The van der Waals surface area contributed by atoms with Gasteiger partial charge in [-0.15, -0.1) is 0 Å². The molecule has 0 atom stereocenters. The minimum absolute atomic E-state index is 0.125. The second kappa shape index (κ2) is 5.77. The fraction of sp³-hybridized carbons (Fsp3) is 0.875. The lowest BCUT2D eigenvalue weighted by Crippen LogP contribution is -2.45. The van der Waals surface area contributed by atoms with Gasteiger partial charge in [0.25, 0.3) is 0 Å². The van der Waals surface area contributed by atoms with Crippen LogP contribution in [0.15, 0.2) is 0 Å². The zero-order valence-electron chi connectivity index (χ0n) is 7.92. The molecule has 1 saturated heterocycles. The number of nitrogens with zero attached hydrogens (tertiary/aromatic N) is 2. The first-order valence-electron chi connectivity index (χ1n) is 4.53. The van der Waals surface area contributed by atoms with Gasteiger partial charge in [0.05, 0.1) is 22.9 Å². The van der Waals surface area contributed by atoms with Crippen LogP contribution in [-0.4, -0.2) is 55.5 Å². The summed E-state index contributed by atoms with van der Waals surface area (Å²) in [5, 5.41) is 0. The molecule has 1 aliphatic rings. The summed E-state index contributed by atoms with van der Waals surface area (Å²) in [7, 11) is 2.13. The Balaban J connectivity index is 2.12. The van der Waals surface area contributed by atoms with Gasteiger partial charge in [0.1, 0.15) is 0 Å². The van der Waals surface area contributed by atoms with Crippen LogP contribution in [0.1, 0.15) is 6.42 Å². The maximum atomic E-state index is 11.0. The number of carbonyl (C=O) groups excluding carboxylic acids is 1. The first-order valence-corrected chi connectivity index (χ1v) is 5.60. The van der Waals surface area contributed by atoms with Crippen LogP contribution in [0.5, 0.6) is 0 Å². The Labute approximate surface area is 93.1 Å². The van der Waals surface area contributed by atoms with E-state index >= 15 is 0 Å². The molecule has 0 spiro atoms. The Morgan fingerprint density at radius 1 is 1.38 bits per heavy atom. The van der Waals surface area contributed by atoms with Gasteiger partial charge < -0.3 is 9.80 Å². The third-order valence-electron chi connectivity index (χ3n) is 2.36. The van der Waals surface area contributed by atoms with E-state index in [0.29, 0.717) is 6.42 Å². The van der Waals surface area contributed by atoms with E-state index in [1.165, 1.54) is 0 Å². The van der Waals surface area contributed by atoms with E-state index in [0.717, 1.165) is 32.7 Å². The molecule has 1 heterocycles. The molecule has 13 heavy (non-hydrogen) atoms. The van der Waals surface area contributed by atoms with Gasteiger partial charge >= 0.3 is 0 Å². The Kier molecular flexibility index (Phi) is 4.97. The lowest BCUT2D eigenvalue weighted by Gasteiger charge is -2.31. The Morgan fingerprint density at radius 2 is 2.00 bits per heavy atom. The van der Waals surface area contributed by atoms with E-state index in [1.54, 1.807) is 0 Å². The van der Waals surface area contributed by atoms with Gasteiger partial charge in [-0.1, -0.05) is 0 Å². The molecule has 0 saturated carbocycles. The quantitative estimate of drug-likeness (QED) is 0.592. The van der Waals surface area contributed by atoms with Gasteiger partial charge in [-0.05, 0) is 7.05 Å². The van der Waals surface area contributed by atoms with Crippen molar-refractivity contribution in [1.29, 1.82) is 0 Å². The van der Waals surface area contributed by atoms with Crippen molar-refractivity contribution in [3.8, 4) is 0 Å². The fourth-order valence-corrected chi connectivity index (χ4v) is 1.65. The predicted octanol–water partition coefficient (Wildman–Crippen LogP) is 0.0901. The minimum Gasteiger partial charge on any atom is -0.304 e.